The second-order valence-electron chi connectivity index (χ2n) is 3.74. The Hall–Kier alpha value is -1.96. The Labute approximate surface area is 87.3 Å². The van der Waals surface area contributed by atoms with Gasteiger partial charge in [-0.1, -0.05) is 30.4 Å². The second kappa shape index (κ2) is 3.02. The van der Waals surface area contributed by atoms with E-state index < -0.39 is 0 Å². The van der Waals surface area contributed by atoms with E-state index in [1.54, 1.807) is 6.33 Å². The second-order valence-corrected chi connectivity index (χ2v) is 3.74. The predicted molar refractivity (Wildman–Crippen MR) is 61.5 cm³/mol. The molecule has 15 heavy (non-hydrogen) atoms. The number of allylic oxidation sites excluding steroid dienone is 1. The van der Waals surface area contributed by atoms with E-state index in [1.807, 2.05) is 6.20 Å². The predicted octanol–water partition coefficient (Wildman–Crippen LogP) is 1.15. The summed E-state index contributed by atoms with van der Waals surface area (Å²) in [7, 11) is 0. The van der Waals surface area contributed by atoms with Gasteiger partial charge in [0.25, 0.3) is 0 Å². The zero-order valence-corrected chi connectivity index (χ0v) is 8.27. The highest BCUT2D eigenvalue weighted by molar-refractivity contribution is 5.80. The minimum Gasteiger partial charge on any atom is -0.244 e. The van der Waals surface area contributed by atoms with Gasteiger partial charge >= 0.3 is 0 Å². The van der Waals surface area contributed by atoms with Crippen LogP contribution in [-0.2, 0) is 0 Å². The fourth-order valence-electron chi connectivity index (χ4n) is 1.93. The van der Waals surface area contributed by atoms with Gasteiger partial charge in [0.2, 0.25) is 0 Å². The van der Waals surface area contributed by atoms with Crippen LogP contribution >= 0.6 is 0 Å². The van der Waals surface area contributed by atoms with Crippen LogP contribution in [0.15, 0.2) is 36.8 Å². The summed E-state index contributed by atoms with van der Waals surface area (Å²) in [5, 5.41) is 3.50. The van der Waals surface area contributed by atoms with E-state index in [-0.39, 0.29) is 0 Å². The van der Waals surface area contributed by atoms with E-state index in [1.165, 1.54) is 10.4 Å². The molecule has 2 nitrogen and oxygen atoms in total. The summed E-state index contributed by atoms with van der Waals surface area (Å²) in [5.41, 5.74) is 2.15. The summed E-state index contributed by atoms with van der Waals surface area (Å²) in [6.45, 7) is 3.99. The molecule has 0 spiro atoms. The van der Waals surface area contributed by atoms with Crippen molar-refractivity contribution in [3.8, 4) is 0 Å². The maximum atomic E-state index is 4.33. The molecule has 2 heteroatoms. The van der Waals surface area contributed by atoms with Crippen molar-refractivity contribution >= 4 is 23.1 Å². The molecule has 72 valence electrons. The molecular weight excluding hydrogens is 184 g/mol. The molecule has 1 aliphatic carbocycles. The van der Waals surface area contributed by atoms with Gasteiger partial charge in [0.15, 0.2) is 0 Å². The Balaban J connectivity index is 2.59. The molecule has 0 aliphatic heterocycles. The molecule has 0 N–H and O–H groups in total. The molecule has 1 heterocycles. The van der Waals surface area contributed by atoms with E-state index in [2.05, 4.69) is 40.8 Å². The molecule has 3 rings (SSSR count). The van der Waals surface area contributed by atoms with Gasteiger partial charge in [0.05, 0.1) is 5.52 Å². The monoisotopic (exact) mass is 194 g/mol. The van der Waals surface area contributed by atoms with E-state index in [0.29, 0.717) is 0 Å². The van der Waals surface area contributed by atoms with Crippen molar-refractivity contribution in [1.82, 2.24) is 9.97 Å². The molecule has 1 aliphatic rings. The van der Waals surface area contributed by atoms with E-state index in [0.717, 1.165) is 22.9 Å². The SMILES string of the molecule is C=C1C=c2c(ccc3cncnc23)=CC1. The number of benzene rings is 1. The zero-order chi connectivity index (χ0) is 10.3. The highest BCUT2D eigenvalue weighted by atomic mass is 14.8. The number of nitrogens with zero attached hydrogens (tertiary/aromatic N) is 2. The van der Waals surface area contributed by atoms with Crippen molar-refractivity contribution in [2.24, 2.45) is 0 Å². The van der Waals surface area contributed by atoms with Crippen LogP contribution in [0.5, 0.6) is 0 Å². The Morgan fingerprint density at radius 3 is 3.13 bits per heavy atom. The molecule has 1 aromatic carbocycles. The third-order valence-corrected chi connectivity index (χ3v) is 2.68. The Morgan fingerprint density at radius 1 is 1.27 bits per heavy atom. The summed E-state index contributed by atoms with van der Waals surface area (Å²) in [6, 6.07) is 4.18. The lowest BCUT2D eigenvalue weighted by Gasteiger charge is -2.04. The van der Waals surface area contributed by atoms with Crippen molar-refractivity contribution in [3.63, 3.8) is 0 Å². The molecule has 0 saturated carbocycles. The van der Waals surface area contributed by atoms with Crippen LogP contribution in [0.2, 0.25) is 0 Å². The Morgan fingerprint density at radius 2 is 2.20 bits per heavy atom. The summed E-state index contributed by atoms with van der Waals surface area (Å²) in [4.78, 5) is 8.35. The molecule has 0 saturated heterocycles. The molecular formula is C13H10N2. The molecule has 0 atom stereocenters. The third kappa shape index (κ3) is 1.26. The van der Waals surface area contributed by atoms with Crippen LogP contribution in [0.4, 0.5) is 0 Å². The van der Waals surface area contributed by atoms with Crippen molar-refractivity contribution in [3.05, 3.63) is 47.2 Å². The first kappa shape index (κ1) is 8.36. The van der Waals surface area contributed by atoms with Gasteiger partial charge in [0, 0.05) is 16.8 Å². The highest BCUT2D eigenvalue weighted by Crippen LogP contribution is 2.07. The fraction of sp³-hybridized carbons (Fsp3) is 0.0769. The number of rotatable bonds is 0. The van der Waals surface area contributed by atoms with Crippen molar-refractivity contribution < 1.29 is 0 Å². The van der Waals surface area contributed by atoms with Crippen LogP contribution in [0.3, 0.4) is 0 Å². The molecule has 0 bridgehead atoms. The molecule has 0 unspecified atom stereocenters. The Kier molecular flexibility index (Phi) is 1.68. The van der Waals surface area contributed by atoms with Crippen LogP contribution in [0.1, 0.15) is 6.42 Å². The molecule has 0 fully saturated rings. The lowest BCUT2D eigenvalue weighted by Crippen LogP contribution is -2.28. The first-order valence-corrected chi connectivity index (χ1v) is 4.93. The summed E-state index contributed by atoms with van der Waals surface area (Å²) in [6.07, 6.45) is 8.68. The summed E-state index contributed by atoms with van der Waals surface area (Å²) < 4.78 is 0. The molecule has 0 amide bonds. The average molecular weight is 194 g/mol. The molecule has 1 aromatic heterocycles. The minimum absolute atomic E-state index is 0.934. The fourth-order valence-corrected chi connectivity index (χ4v) is 1.93. The number of hydrogen-bond acceptors (Lipinski definition) is 2. The van der Waals surface area contributed by atoms with Gasteiger partial charge in [-0.3, -0.25) is 0 Å². The van der Waals surface area contributed by atoms with Gasteiger partial charge in [-0.25, -0.2) is 9.97 Å². The van der Waals surface area contributed by atoms with E-state index in [4.69, 9.17) is 0 Å². The quantitative estimate of drug-likeness (QED) is 0.628. The van der Waals surface area contributed by atoms with E-state index in [9.17, 15) is 0 Å². The van der Waals surface area contributed by atoms with Gasteiger partial charge in [-0.05, 0) is 17.7 Å². The molecule has 2 aromatic rings. The maximum absolute atomic E-state index is 4.33. The topological polar surface area (TPSA) is 25.8 Å². The Bertz CT molecular complexity index is 668. The van der Waals surface area contributed by atoms with Gasteiger partial charge in [-0.2, -0.15) is 0 Å². The first-order chi connectivity index (χ1) is 7.34. The maximum Gasteiger partial charge on any atom is 0.116 e. The van der Waals surface area contributed by atoms with Crippen LogP contribution < -0.4 is 10.4 Å². The average Bonchev–Trinajstić information content (AvgIpc) is 2.29. The first-order valence-electron chi connectivity index (χ1n) is 4.93. The number of aromatic nitrogens is 2. The van der Waals surface area contributed by atoms with Crippen LogP contribution in [0, 0.1) is 0 Å². The van der Waals surface area contributed by atoms with Crippen molar-refractivity contribution in [2.75, 3.05) is 0 Å². The smallest absolute Gasteiger partial charge is 0.116 e. The summed E-state index contributed by atoms with van der Waals surface area (Å²) in [5.74, 6) is 0. The summed E-state index contributed by atoms with van der Waals surface area (Å²) >= 11 is 0. The number of fused-ring (bicyclic) bond motifs is 3. The lowest BCUT2D eigenvalue weighted by atomic mass is 10.0. The lowest BCUT2D eigenvalue weighted by molar-refractivity contribution is 1.21. The highest BCUT2D eigenvalue weighted by Gasteiger charge is 2.01. The minimum atomic E-state index is 0.934. The molecule has 0 radical (unpaired) electrons. The van der Waals surface area contributed by atoms with Gasteiger partial charge < -0.3 is 0 Å². The zero-order valence-electron chi connectivity index (χ0n) is 8.27. The van der Waals surface area contributed by atoms with Gasteiger partial charge in [-0.15, -0.1) is 0 Å². The van der Waals surface area contributed by atoms with Crippen LogP contribution in [0.25, 0.3) is 23.1 Å². The van der Waals surface area contributed by atoms with Crippen molar-refractivity contribution in [2.45, 2.75) is 6.42 Å². The number of hydrogen-bond donors (Lipinski definition) is 0. The largest absolute Gasteiger partial charge is 0.244 e. The third-order valence-electron chi connectivity index (χ3n) is 2.68. The van der Waals surface area contributed by atoms with Gasteiger partial charge in [0.1, 0.15) is 6.33 Å². The van der Waals surface area contributed by atoms with E-state index >= 15 is 0 Å². The standard InChI is InChI=1S/C13H10N2/c1-9-2-3-10-4-5-11-7-14-8-15-13(11)12(10)6-9/h3-8H,1-2H2. The van der Waals surface area contributed by atoms with Crippen LogP contribution in [-0.4, -0.2) is 9.97 Å². The normalized spacial score (nSPS) is 14.3. The van der Waals surface area contributed by atoms with Crippen molar-refractivity contribution in [1.29, 1.82) is 0 Å².